The molecule has 0 bridgehead atoms. The van der Waals surface area contributed by atoms with Crippen molar-refractivity contribution in [3.8, 4) is 0 Å². The van der Waals surface area contributed by atoms with E-state index in [1.54, 1.807) is 0 Å². The van der Waals surface area contributed by atoms with Crippen LogP contribution in [0.15, 0.2) is 0 Å². The van der Waals surface area contributed by atoms with Gasteiger partial charge in [-0.05, 0) is 12.8 Å². The highest BCUT2D eigenvalue weighted by molar-refractivity contribution is 4.86. The molecule has 0 amide bonds. The van der Waals surface area contributed by atoms with Crippen LogP contribution < -0.4 is 16.0 Å². The standard InChI is InChI=1S/C10H24N3O3/c1-2-3-10(11-4-7-14,12-5-8-15)13-6-9-16/h2,11-16H,3-9H2,1H3. The van der Waals surface area contributed by atoms with Crippen LogP contribution >= 0.6 is 0 Å². The van der Waals surface area contributed by atoms with Gasteiger partial charge in [0.05, 0.1) is 19.8 Å². The maximum absolute atomic E-state index is 8.82. The third kappa shape index (κ3) is 6.37. The van der Waals surface area contributed by atoms with Gasteiger partial charge in [-0.25, -0.2) is 0 Å². The van der Waals surface area contributed by atoms with Gasteiger partial charge in [-0.3, -0.25) is 16.0 Å². The third-order valence-electron chi connectivity index (χ3n) is 2.13. The first-order chi connectivity index (χ1) is 7.74. The molecule has 0 aromatic heterocycles. The van der Waals surface area contributed by atoms with Gasteiger partial charge in [0.25, 0.3) is 0 Å². The molecule has 97 valence electrons. The molecule has 0 heterocycles. The van der Waals surface area contributed by atoms with Crippen molar-refractivity contribution in [1.82, 2.24) is 16.0 Å². The molecule has 6 N–H and O–H groups in total. The Balaban J connectivity index is 4.32. The smallest absolute Gasteiger partial charge is 0.123 e. The van der Waals surface area contributed by atoms with Gasteiger partial charge in [0.2, 0.25) is 0 Å². The zero-order chi connectivity index (χ0) is 12.3. The summed E-state index contributed by atoms with van der Waals surface area (Å²) in [5, 5.41) is 35.8. The van der Waals surface area contributed by atoms with Gasteiger partial charge >= 0.3 is 0 Å². The Morgan fingerprint density at radius 3 is 1.50 bits per heavy atom. The second-order valence-corrected chi connectivity index (χ2v) is 3.47. The van der Waals surface area contributed by atoms with Crippen LogP contribution in [0, 0.1) is 6.42 Å². The average molecular weight is 234 g/mol. The highest BCUT2D eigenvalue weighted by atomic mass is 16.3. The van der Waals surface area contributed by atoms with Crippen LogP contribution in [0.4, 0.5) is 0 Å². The van der Waals surface area contributed by atoms with Crippen molar-refractivity contribution in [1.29, 1.82) is 0 Å². The molecule has 0 saturated carbocycles. The predicted octanol–water partition coefficient (Wildman–Crippen LogP) is -2.00. The van der Waals surface area contributed by atoms with Crippen molar-refractivity contribution in [2.75, 3.05) is 39.5 Å². The van der Waals surface area contributed by atoms with Crippen molar-refractivity contribution in [3.05, 3.63) is 6.42 Å². The van der Waals surface area contributed by atoms with E-state index < -0.39 is 5.79 Å². The number of aliphatic hydroxyl groups excluding tert-OH is 3. The van der Waals surface area contributed by atoms with Crippen molar-refractivity contribution in [2.24, 2.45) is 0 Å². The summed E-state index contributed by atoms with van der Waals surface area (Å²) in [6, 6.07) is 0. The average Bonchev–Trinajstić information content (AvgIpc) is 2.31. The summed E-state index contributed by atoms with van der Waals surface area (Å²) in [5.41, 5.74) is 0. The molecule has 0 aliphatic heterocycles. The van der Waals surface area contributed by atoms with E-state index in [0.717, 1.165) is 0 Å². The van der Waals surface area contributed by atoms with E-state index in [2.05, 4.69) is 16.0 Å². The normalized spacial score (nSPS) is 12.0. The lowest BCUT2D eigenvalue weighted by Gasteiger charge is -2.36. The fraction of sp³-hybridized carbons (Fsp3) is 0.900. The molecule has 0 aliphatic carbocycles. The molecule has 0 unspecified atom stereocenters. The van der Waals surface area contributed by atoms with Crippen LogP contribution in [0.5, 0.6) is 0 Å². The summed E-state index contributed by atoms with van der Waals surface area (Å²) in [5.74, 6) is -0.580. The fourth-order valence-corrected chi connectivity index (χ4v) is 1.52. The van der Waals surface area contributed by atoms with Gasteiger partial charge in [0, 0.05) is 19.6 Å². The maximum atomic E-state index is 8.82. The molecule has 1 radical (unpaired) electrons. The summed E-state index contributed by atoms with van der Waals surface area (Å²) < 4.78 is 0. The Morgan fingerprint density at radius 2 is 1.25 bits per heavy atom. The first kappa shape index (κ1) is 15.8. The van der Waals surface area contributed by atoms with Gasteiger partial charge < -0.3 is 15.3 Å². The van der Waals surface area contributed by atoms with E-state index in [1.807, 2.05) is 13.3 Å². The van der Waals surface area contributed by atoms with E-state index in [4.69, 9.17) is 15.3 Å². The molecule has 6 nitrogen and oxygen atoms in total. The number of rotatable bonds is 11. The first-order valence-corrected chi connectivity index (χ1v) is 5.60. The van der Waals surface area contributed by atoms with Gasteiger partial charge in [0.15, 0.2) is 0 Å². The lowest BCUT2D eigenvalue weighted by molar-refractivity contribution is 0.149. The predicted molar refractivity (Wildman–Crippen MR) is 62.6 cm³/mol. The molecular formula is C10H24N3O3. The van der Waals surface area contributed by atoms with Crippen LogP contribution in [0.1, 0.15) is 13.3 Å². The van der Waals surface area contributed by atoms with E-state index in [0.29, 0.717) is 26.1 Å². The lowest BCUT2D eigenvalue weighted by Crippen LogP contribution is -2.67. The van der Waals surface area contributed by atoms with Crippen LogP contribution in [-0.4, -0.2) is 60.6 Å². The van der Waals surface area contributed by atoms with E-state index in [1.165, 1.54) is 0 Å². The molecule has 0 aromatic rings. The Kier molecular flexibility index (Phi) is 9.80. The molecule has 0 rings (SSSR count). The Hall–Kier alpha value is -0.240. The van der Waals surface area contributed by atoms with E-state index in [-0.39, 0.29) is 19.8 Å². The first-order valence-electron chi connectivity index (χ1n) is 5.60. The van der Waals surface area contributed by atoms with E-state index >= 15 is 0 Å². The molecule has 0 saturated heterocycles. The van der Waals surface area contributed by atoms with Crippen LogP contribution in [-0.2, 0) is 0 Å². The molecule has 0 fully saturated rings. The summed E-state index contributed by atoms with van der Waals surface area (Å²) in [4.78, 5) is 0. The summed E-state index contributed by atoms with van der Waals surface area (Å²) in [6.07, 6.45) is 2.64. The number of aliphatic hydroxyl groups is 3. The molecule has 16 heavy (non-hydrogen) atoms. The zero-order valence-electron chi connectivity index (χ0n) is 9.87. The van der Waals surface area contributed by atoms with Crippen LogP contribution in [0.25, 0.3) is 0 Å². The minimum atomic E-state index is -0.580. The molecule has 0 spiro atoms. The Morgan fingerprint density at radius 1 is 0.875 bits per heavy atom. The van der Waals surface area contributed by atoms with Crippen molar-refractivity contribution in [2.45, 2.75) is 19.1 Å². The maximum Gasteiger partial charge on any atom is 0.123 e. The molecular weight excluding hydrogens is 210 g/mol. The number of hydrogen-bond acceptors (Lipinski definition) is 6. The van der Waals surface area contributed by atoms with E-state index in [9.17, 15) is 0 Å². The second-order valence-electron chi connectivity index (χ2n) is 3.47. The zero-order valence-corrected chi connectivity index (χ0v) is 9.87. The highest BCUT2D eigenvalue weighted by Gasteiger charge is 2.26. The minimum Gasteiger partial charge on any atom is -0.395 e. The molecule has 6 heteroatoms. The summed E-state index contributed by atoms with van der Waals surface area (Å²) in [6.45, 7) is 3.34. The fourth-order valence-electron chi connectivity index (χ4n) is 1.52. The second kappa shape index (κ2) is 9.95. The minimum absolute atomic E-state index is 0.0348. The summed E-state index contributed by atoms with van der Waals surface area (Å²) in [7, 11) is 0. The van der Waals surface area contributed by atoms with Gasteiger partial charge in [-0.15, -0.1) is 0 Å². The number of hydrogen-bond donors (Lipinski definition) is 6. The van der Waals surface area contributed by atoms with Crippen molar-refractivity contribution in [3.63, 3.8) is 0 Å². The molecule has 0 atom stereocenters. The highest BCUT2D eigenvalue weighted by Crippen LogP contribution is 2.04. The van der Waals surface area contributed by atoms with Crippen molar-refractivity contribution < 1.29 is 15.3 Å². The van der Waals surface area contributed by atoms with Crippen LogP contribution in [0.3, 0.4) is 0 Å². The quantitative estimate of drug-likeness (QED) is 0.231. The van der Waals surface area contributed by atoms with Gasteiger partial charge in [-0.1, -0.05) is 6.92 Å². The SMILES string of the molecule is C[CH]CC(NCCO)(NCCO)NCCO. The van der Waals surface area contributed by atoms with Gasteiger partial charge in [0.1, 0.15) is 5.79 Å². The number of nitrogens with one attached hydrogen (secondary N) is 3. The molecule has 0 aliphatic rings. The molecule has 0 aromatic carbocycles. The summed E-state index contributed by atoms with van der Waals surface area (Å²) >= 11 is 0. The lowest BCUT2D eigenvalue weighted by atomic mass is 10.1. The van der Waals surface area contributed by atoms with Crippen LogP contribution in [0.2, 0.25) is 0 Å². The largest absolute Gasteiger partial charge is 0.395 e. The Labute approximate surface area is 97.1 Å². The third-order valence-corrected chi connectivity index (χ3v) is 2.13. The Bertz CT molecular complexity index is 136. The van der Waals surface area contributed by atoms with Gasteiger partial charge in [-0.2, -0.15) is 0 Å². The van der Waals surface area contributed by atoms with Crippen molar-refractivity contribution >= 4 is 0 Å². The topological polar surface area (TPSA) is 96.8 Å². The monoisotopic (exact) mass is 234 g/mol.